The number of anilines is 1. The third kappa shape index (κ3) is 1.18. The van der Waals surface area contributed by atoms with Crippen molar-refractivity contribution in [1.82, 2.24) is 0 Å². The molecule has 0 fully saturated rings. The van der Waals surface area contributed by atoms with Crippen molar-refractivity contribution in [2.24, 2.45) is 0 Å². The summed E-state index contributed by atoms with van der Waals surface area (Å²) in [6, 6.07) is 6.61. The van der Waals surface area contributed by atoms with Crippen LogP contribution in [-0.4, -0.2) is 12.5 Å². The molecule has 0 aliphatic carbocycles. The van der Waals surface area contributed by atoms with Crippen LogP contribution in [0, 0.1) is 0 Å². The van der Waals surface area contributed by atoms with Gasteiger partial charge in [-0.1, -0.05) is 18.2 Å². The van der Waals surface area contributed by atoms with Crippen molar-refractivity contribution in [2.75, 3.05) is 4.90 Å². The number of carbonyl (C=O) groups is 1. The van der Waals surface area contributed by atoms with Gasteiger partial charge >= 0.3 is 6.55 Å². The lowest BCUT2D eigenvalue weighted by atomic mass is 10.2. The van der Waals surface area contributed by atoms with Crippen molar-refractivity contribution in [3.63, 3.8) is 0 Å². The Balaban J connectivity index is 2.46. The first-order valence-corrected chi connectivity index (χ1v) is 3.88. The lowest BCUT2D eigenvalue weighted by Gasteiger charge is -2.15. The van der Waals surface area contributed by atoms with Crippen molar-refractivity contribution >= 4 is 11.6 Å². The van der Waals surface area contributed by atoms with Crippen LogP contribution >= 0.6 is 0 Å². The quantitative estimate of drug-likeness (QED) is 0.608. The number of hydrogen-bond donors (Lipinski definition) is 0. The molecule has 0 radical (unpaired) electrons. The van der Waals surface area contributed by atoms with E-state index in [-0.39, 0.29) is 6.42 Å². The van der Waals surface area contributed by atoms with Crippen LogP contribution in [0.15, 0.2) is 24.3 Å². The Morgan fingerprint density at radius 2 is 2.00 bits per heavy atom. The molecular weight excluding hydrogens is 176 g/mol. The van der Waals surface area contributed by atoms with E-state index in [9.17, 15) is 13.6 Å². The minimum Gasteiger partial charge on any atom is -0.274 e. The Kier molecular flexibility index (Phi) is 1.76. The minimum absolute atomic E-state index is 0.0838. The molecule has 2 nitrogen and oxygen atoms in total. The third-order valence-corrected chi connectivity index (χ3v) is 2.06. The Morgan fingerprint density at radius 1 is 1.31 bits per heavy atom. The van der Waals surface area contributed by atoms with E-state index in [1.165, 1.54) is 6.07 Å². The second kappa shape index (κ2) is 2.80. The number of para-hydroxylation sites is 1. The molecule has 0 unspecified atom stereocenters. The summed E-state index contributed by atoms with van der Waals surface area (Å²) in [6.45, 7) is -2.74. The molecule has 68 valence electrons. The molecule has 4 heteroatoms. The highest BCUT2D eigenvalue weighted by Crippen LogP contribution is 2.30. The van der Waals surface area contributed by atoms with Gasteiger partial charge in [0.2, 0.25) is 5.91 Å². The molecule has 1 aromatic rings. The number of carbonyl (C=O) groups excluding carboxylic acids is 1. The zero-order chi connectivity index (χ0) is 9.42. The smallest absolute Gasteiger partial charge is 0.274 e. The van der Waals surface area contributed by atoms with Gasteiger partial charge in [-0.05, 0) is 11.6 Å². The lowest BCUT2D eigenvalue weighted by Crippen LogP contribution is -2.31. The molecule has 1 aliphatic rings. The number of amides is 1. The fraction of sp³-hybridized carbons (Fsp3) is 0.222. The topological polar surface area (TPSA) is 20.3 Å². The summed E-state index contributed by atoms with van der Waals surface area (Å²) < 4.78 is 24.7. The molecule has 2 rings (SSSR count). The van der Waals surface area contributed by atoms with Gasteiger partial charge < -0.3 is 0 Å². The van der Waals surface area contributed by atoms with Gasteiger partial charge in [-0.3, -0.25) is 9.69 Å². The number of fused-ring (bicyclic) bond motifs is 1. The van der Waals surface area contributed by atoms with Crippen molar-refractivity contribution in [3.05, 3.63) is 29.8 Å². The van der Waals surface area contributed by atoms with Crippen LogP contribution in [-0.2, 0) is 11.2 Å². The average molecular weight is 183 g/mol. The van der Waals surface area contributed by atoms with Crippen LogP contribution < -0.4 is 4.90 Å². The molecule has 0 N–H and O–H groups in total. The van der Waals surface area contributed by atoms with Crippen molar-refractivity contribution in [1.29, 1.82) is 0 Å². The summed E-state index contributed by atoms with van der Waals surface area (Å²) in [6.07, 6.45) is 0.0838. The fourth-order valence-electron chi connectivity index (χ4n) is 1.49. The van der Waals surface area contributed by atoms with Crippen LogP contribution in [0.3, 0.4) is 0 Å². The summed E-state index contributed by atoms with van der Waals surface area (Å²) in [7, 11) is 0. The summed E-state index contributed by atoms with van der Waals surface area (Å²) in [5, 5.41) is 0. The third-order valence-electron chi connectivity index (χ3n) is 2.06. The van der Waals surface area contributed by atoms with Crippen LogP contribution in [0.2, 0.25) is 0 Å². The largest absolute Gasteiger partial charge is 0.321 e. The van der Waals surface area contributed by atoms with E-state index in [0.29, 0.717) is 16.2 Å². The highest BCUT2D eigenvalue weighted by atomic mass is 19.3. The number of benzene rings is 1. The summed E-state index contributed by atoms with van der Waals surface area (Å²) in [5.74, 6) is -0.531. The van der Waals surface area contributed by atoms with Gasteiger partial charge in [-0.25, -0.2) is 0 Å². The van der Waals surface area contributed by atoms with E-state index in [0.717, 1.165) is 0 Å². The van der Waals surface area contributed by atoms with E-state index >= 15 is 0 Å². The van der Waals surface area contributed by atoms with Gasteiger partial charge in [0.05, 0.1) is 12.1 Å². The van der Waals surface area contributed by atoms with Crippen LogP contribution in [0.1, 0.15) is 5.56 Å². The summed E-state index contributed by atoms with van der Waals surface area (Å²) >= 11 is 0. The highest BCUT2D eigenvalue weighted by Gasteiger charge is 2.32. The van der Waals surface area contributed by atoms with Crippen LogP contribution in [0.5, 0.6) is 0 Å². The number of halogens is 2. The van der Waals surface area contributed by atoms with Gasteiger partial charge in [-0.15, -0.1) is 0 Å². The predicted molar refractivity (Wildman–Crippen MR) is 43.6 cm³/mol. The maximum Gasteiger partial charge on any atom is 0.321 e. The highest BCUT2D eigenvalue weighted by molar-refractivity contribution is 6.01. The van der Waals surface area contributed by atoms with E-state index < -0.39 is 12.5 Å². The van der Waals surface area contributed by atoms with Gasteiger partial charge in [0, 0.05) is 0 Å². The first-order valence-electron chi connectivity index (χ1n) is 3.88. The van der Waals surface area contributed by atoms with Gasteiger partial charge in [0.1, 0.15) is 0 Å². The van der Waals surface area contributed by atoms with E-state index in [4.69, 9.17) is 0 Å². The predicted octanol–water partition coefficient (Wildman–Crippen LogP) is 1.80. The molecular formula is C9H7F2NO. The molecule has 1 aliphatic heterocycles. The Morgan fingerprint density at radius 3 is 2.69 bits per heavy atom. The summed E-state index contributed by atoms with van der Waals surface area (Å²) in [4.78, 5) is 11.7. The molecule has 13 heavy (non-hydrogen) atoms. The normalized spacial score (nSPS) is 15.3. The second-order valence-corrected chi connectivity index (χ2v) is 2.85. The fourth-order valence-corrected chi connectivity index (χ4v) is 1.49. The molecule has 1 amide bonds. The SMILES string of the molecule is O=C1Cc2ccccc2N1C(F)F. The minimum atomic E-state index is -2.74. The van der Waals surface area contributed by atoms with Gasteiger partial charge in [0.25, 0.3) is 0 Å². The number of nitrogens with zero attached hydrogens (tertiary/aromatic N) is 1. The molecule has 0 bridgehead atoms. The first kappa shape index (κ1) is 8.16. The molecule has 1 aromatic carbocycles. The molecule has 0 aromatic heterocycles. The van der Waals surface area contributed by atoms with E-state index in [1.807, 2.05) is 0 Å². The monoisotopic (exact) mass is 183 g/mol. The van der Waals surface area contributed by atoms with E-state index in [1.54, 1.807) is 18.2 Å². The molecule has 0 saturated heterocycles. The average Bonchev–Trinajstić information content (AvgIpc) is 2.39. The Hall–Kier alpha value is -1.45. The maximum absolute atomic E-state index is 12.4. The zero-order valence-electron chi connectivity index (χ0n) is 6.71. The maximum atomic E-state index is 12.4. The van der Waals surface area contributed by atoms with Crippen molar-refractivity contribution in [2.45, 2.75) is 13.0 Å². The van der Waals surface area contributed by atoms with E-state index in [2.05, 4.69) is 0 Å². The number of hydrogen-bond acceptors (Lipinski definition) is 1. The zero-order valence-corrected chi connectivity index (χ0v) is 6.71. The molecule has 1 heterocycles. The standard InChI is InChI=1S/C9H7F2NO/c10-9(11)12-7-4-2-1-3-6(7)5-8(12)13/h1-4,9H,5H2. The number of rotatable bonds is 1. The Bertz CT molecular complexity index is 351. The number of alkyl halides is 2. The molecule has 0 saturated carbocycles. The second-order valence-electron chi connectivity index (χ2n) is 2.85. The molecule has 0 spiro atoms. The molecule has 0 atom stereocenters. The van der Waals surface area contributed by atoms with Crippen molar-refractivity contribution in [3.8, 4) is 0 Å². The van der Waals surface area contributed by atoms with Crippen LogP contribution in [0.4, 0.5) is 14.5 Å². The summed E-state index contributed by atoms with van der Waals surface area (Å²) in [5.41, 5.74) is 1.01. The first-order chi connectivity index (χ1) is 6.20. The lowest BCUT2D eigenvalue weighted by molar-refractivity contribution is -0.119. The van der Waals surface area contributed by atoms with Crippen molar-refractivity contribution < 1.29 is 13.6 Å². The van der Waals surface area contributed by atoms with Crippen LogP contribution in [0.25, 0.3) is 0 Å². The van der Waals surface area contributed by atoms with Gasteiger partial charge in [0.15, 0.2) is 0 Å². The Labute approximate surface area is 73.8 Å². The van der Waals surface area contributed by atoms with Gasteiger partial charge in [-0.2, -0.15) is 8.78 Å².